The molecule has 0 unspecified atom stereocenters. The standard InChI is InChI=1S/C10H22N2O2/c1-9(2)14-8-10(13)7-12-5-3-11-4-6-12/h9-11,13H,3-8H2,1-2H3/p+2/t10-/m1/s1. The van der Waals surface area contributed by atoms with E-state index in [-0.39, 0.29) is 12.2 Å². The largest absolute Gasteiger partial charge is 0.385 e. The van der Waals surface area contributed by atoms with E-state index in [1.54, 1.807) is 0 Å². The van der Waals surface area contributed by atoms with Crippen molar-refractivity contribution in [3.8, 4) is 0 Å². The molecule has 0 radical (unpaired) electrons. The lowest BCUT2D eigenvalue weighted by Crippen LogP contribution is -3.21. The molecule has 4 nitrogen and oxygen atoms in total. The molecule has 84 valence electrons. The summed E-state index contributed by atoms with van der Waals surface area (Å²) in [5, 5.41) is 12.0. The van der Waals surface area contributed by atoms with Crippen LogP contribution >= 0.6 is 0 Å². The lowest BCUT2D eigenvalue weighted by Gasteiger charge is -2.24. The Balaban J connectivity index is 2.09. The van der Waals surface area contributed by atoms with Gasteiger partial charge in [0.15, 0.2) is 0 Å². The van der Waals surface area contributed by atoms with E-state index >= 15 is 0 Å². The van der Waals surface area contributed by atoms with Crippen LogP contribution in [-0.4, -0.2) is 56.6 Å². The van der Waals surface area contributed by atoms with Gasteiger partial charge in [-0.05, 0) is 13.8 Å². The number of rotatable bonds is 5. The molecule has 0 spiro atoms. The van der Waals surface area contributed by atoms with Crippen LogP contribution in [0.25, 0.3) is 0 Å². The highest BCUT2D eigenvalue weighted by Crippen LogP contribution is 1.89. The molecule has 1 heterocycles. The Labute approximate surface area is 86.2 Å². The zero-order valence-corrected chi connectivity index (χ0v) is 9.33. The van der Waals surface area contributed by atoms with Crippen molar-refractivity contribution in [1.29, 1.82) is 0 Å². The van der Waals surface area contributed by atoms with Crippen molar-refractivity contribution in [2.24, 2.45) is 0 Å². The van der Waals surface area contributed by atoms with E-state index in [4.69, 9.17) is 4.74 Å². The highest BCUT2D eigenvalue weighted by molar-refractivity contribution is 4.52. The van der Waals surface area contributed by atoms with Gasteiger partial charge in [0, 0.05) is 0 Å². The number of hydrogen-bond donors (Lipinski definition) is 3. The second kappa shape index (κ2) is 6.35. The van der Waals surface area contributed by atoms with E-state index < -0.39 is 0 Å². The molecular formula is C10H24N2O2+2. The number of nitrogens with two attached hydrogens (primary N) is 1. The van der Waals surface area contributed by atoms with Gasteiger partial charge in [0.05, 0.1) is 12.7 Å². The first kappa shape index (κ1) is 11.9. The van der Waals surface area contributed by atoms with Crippen LogP contribution in [0.3, 0.4) is 0 Å². The molecule has 0 bridgehead atoms. The van der Waals surface area contributed by atoms with Gasteiger partial charge in [0.25, 0.3) is 0 Å². The number of aliphatic hydroxyl groups excluding tert-OH is 1. The third-order valence-electron chi connectivity index (χ3n) is 2.55. The quantitative estimate of drug-likeness (QED) is 0.454. The molecule has 0 saturated carbocycles. The van der Waals surface area contributed by atoms with Crippen LogP contribution in [0.1, 0.15) is 13.8 Å². The second-order valence-corrected chi connectivity index (χ2v) is 4.36. The minimum Gasteiger partial charge on any atom is -0.385 e. The Hall–Kier alpha value is -0.160. The van der Waals surface area contributed by atoms with Crippen LogP contribution < -0.4 is 10.2 Å². The summed E-state index contributed by atoms with van der Waals surface area (Å²) in [4.78, 5) is 1.51. The van der Waals surface area contributed by atoms with Crippen LogP contribution in [0, 0.1) is 0 Å². The number of piperazine rings is 1. The van der Waals surface area contributed by atoms with E-state index in [9.17, 15) is 5.11 Å². The van der Waals surface area contributed by atoms with Crippen LogP contribution in [0.2, 0.25) is 0 Å². The molecule has 14 heavy (non-hydrogen) atoms. The van der Waals surface area contributed by atoms with Gasteiger partial charge in [0.1, 0.15) is 38.8 Å². The van der Waals surface area contributed by atoms with Crippen molar-refractivity contribution in [1.82, 2.24) is 0 Å². The number of ether oxygens (including phenoxy) is 1. The molecule has 0 aliphatic carbocycles. The predicted molar refractivity (Wildman–Crippen MR) is 54.3 cm³/mol. The zero-order valence-electron chi connectivity index (χ0n) is 9.33. The van der Waals surface area contributed by atoms with Gasteiger partial charge < -0.3 is 20.1 Å². The number of quaternary nitrogens is 2. The lowest BCUT2D eigenvalue weighted by atomic mass is 10.3. The van der Waals surface area contributed by atoms with Crippen LogP contribution in [0.15, 0.2) is 0 Å². The van der Waals surface area contributed by atoms with Gasteiger partial charge in [-0.2, -0.15) is 0 Å². The molecule has 0 aromatic heterocycles. The average molecular weight is 204 g/mol. The van der Waals surface area contributed by atoms with Crippen molar-refractivity contribution in [2.75, 3.05) is 39.3 Å². The summed E-state index contributed by atoms with van der Waals surface area (Å²) < 4.78 is 5.37. The normalized spacial score (nSPS) is 21.4. The number of hydrogen-bond acceptors (Lipinski definition) is 2. The van der Waals surface area contributed by atoms with Crippen LogP contribution in [-0.2, 0) is 4.74 Å². The first-order valence-corrected chi connectivity index (χ1v) is 5.63. The van der Waals surface area contributed by atoms with Crippen molar-refractivity contribution in [3.05, 3.63) is 0 Å². The highest BCUT2D eigenvalue weighted by Gasteiger charge is 2.19. The maximum Gasteiger partial charge on any atom is 0.127 e. The summed E-state index contributed by atoms with van der Waals surface area (Å²) in [5.74, 6) is 0. The Morgan fingerprint density at radius 1 is 1.36 bits per heavy atom. The van der Waals surface area contributed by atoms with Gasteiger partial charge in [-0.3, -0.25) is 0 Å². The van der Waals surface area contributed by atoms with E-state index in [1.165, 1.54) is 31.1 Å². The second-order valence-electron chi connectivity index (χ2n) is 4.36. The summed E-state index contributed by atoms with van der Waals surface area (Å²) in [6, 6.07) is 0. The monoisotopic (exact) mass is 204 g/mol. The third-order valence-corrected chi connectivity index (χ3v) is 2.55. The van der Waals surface area contributed by atoms with E-state index in [0.29, 0.717) is 6.61 Å². The highest BCUT2D eigenvalue weighted by atomic mass is 16.5. The molecule has 4 N–H and O–H groups in total. The molecule has 4 heteroatoms. The Morgan fingerprint density at radius 2 is 2.00 bits per heavy atom. The molecule has 1 aliphatic rings. The Kier molecular flexibility index (Phi) is 5.40. The summed E-state index contributed by atoms with van der Waals surface area (Å²) in [6.45, 7) is 10.0. The summed E-state index contributed by atoms with van der Waals surface area (Å²) in [6.07, 6.45) is -0.0835. The average Bonchev–Trinajstić information content (AvgIpc) is 2.16. The van der Waals surface area contributed by atoms with Crippen molar-refractivity contribution in [3.63, 3.8) is 0 Å². The van der Waals surface area contributed by atoms with Crippen LogP contribution in [0.4, 0.5) is 0 Å². The third kappa shape index (κ3) is 4.91. The van der Waals surface area contributed by atoms with Gasteiger partial charge in [-0.1, -0.05) is 0 Å². The van der Waals surface area contributed by atoms with Crippen molar-refractivity contribution < 1.29 is 20.1 Å². The molecule has 1 atom stereocenters. The first-order valence-electron chi connectivity index (χ1n) is 5.63. The van der Waals surface area contributed by atoms with Gasteiger partial charge in [-0.15, -0.1) is 0 Å². The fraction of sp³-hybridized carbons (Fsp3) is 1.00. The van der Waals surface area contributed by atoms with E-state index in [1.807, 2.05) is 13.8 Å². The fourth-order valence-corrected chi connectivity index (χ4v) is 1.78. The van der Waals surface area contributed by atoms with Gasteiger partial charge in [-0.25, -0.2) is 0 Å². The SMILES string of the molecule is CC(C)OC[C@H](O)C[NH+]1CC[NH2+]CC1. The zero-order chi connectivity index (χ0) is 10.4. The molecule has 0 amide bonds. The summed E-state index contributed by atoms with van der Waals surface area (Å²) in [5.41, 5.74) is 0. The molecule has 0 aromatic rings. The van der Waals surface area contributed by atoms with E-state index in [0.717, 1.165) is 6.54 Å². The summed E-state index contributed by atoms with van der Waals surface area (Å²) >= 11 is 0. The number of aliphatic hydroxyl groups is 1. The fourth-order valence-electron chi connectivity index (χ4n) is 1.78. The van der Waals surface area contributed by atoms with E-state index in [2.05, 4.69) is 5.32 Å². The summed E-state index contributed by atoms with van der Waals surface area (Å²) in [7, 11) is 0. The maximum atomic E-state index is 9.69. The molecule has 1 saturated heterocycles. The predicted octanol–water partition coefficient (Wildman–Crippen LogP) is -2.77. The first-order chi connectivity index (χ1) is 6.68. The minimum atomic E-state index is -0.300. The van der Waals surface area contributed by atoms with Gasteiger partial charge in [0.2, 0.25) is 0 Å². The Morgan fingerprint density at radius 3 is 2.57 bits per heavy atom. The smallest absolute Gasteiger partial charge is 0.127 e. The van der Waals surface area contributed by atoms with Crippen molar-refractivity contribution >= 4 is 0 Å². The molecule has 0 aromatic carbocycles. The number of nitrogens with one attached hydrogen (secondary N) is 1. The van der Waals surface area contributed by atoms with Crippen LogP contribution in [0.5, 0.6) is 0 Å². The van der Waals surface area contributed by atoms with Crippen molar-refractivity contribution in [2.45, 2.75) is 26.1 Å². The molecule has 1 rings (SSSR count). The Bertz CT molecular complexity index is 147. The molecule has 1 aliphatic heterocycles. The molecule has 1 fully saturated rings. The van der Waals surface area contributed by atoms with Gasteiger partial charge >= 0.3 is 0 Å². The lowest BCUT2D eigenvalue weighted by molar-refractivity contribution is -0.949. The minimum absolute atomic E-state index is 0.217. The molecular weight excluding hydrogens is 180 g/mol. The maximum absolute atomic E-state index is 9.69. The topological polar surface area (TPSA) is 50.5 Å².